The molecular weight excluding hydrogens is 314 g/mol. The molecule has 1 spiro atoms. The van der Waals surface area contributed by atoms with Gasteiger partial charge in [-0.3, -0.25) is 14.5 Å². The van der Waals surface area contributed by atoms with E-state index < -0.39 is 11.0 Å². The molecule has 0 aromatic heterocycles. The van der Waals surface area contributed by atoms with Crippen LogP contribution in [0.25, 0.3) is 0 Å². The number of allylic oxidation sites excluding steroid dienone is 1. The lowest BCUT2D eigenvalue weighted by Crippen LogP contribution is -2.65. The van der Waals surface area contributed by atoms with Gasteiger partial charge in [-0.2, -0.15) is 0 Å². The Bertz CT molecular complexity index is 771. The third-order valence-corrected chi connectivity index (χ3v) is 9.44. The van der Waals surface area contributed by atoms with Crippen LogP contribution in [0.1, 0.15) is 52.4 Å². The molecule has 0 amide bonds. The summed E-state index contributed by atoms with van der Waals surface area (Å²) in [6.45, 7) is 6.68. The Kier molecular flexibility index (Phi) is 2.49. The molecule has 25 heavy (non-hydrogen) atoms. The number of rotatable bonds is 0. The summed E-state index contributed by atoms with van der Waals surface area (Å²) in [4.78, 5) is 29.3. The molecule has 2 saturated heterocycles. The largest absolute Gasteiger partial charge is 0.385 e. The van der Waals surface area contributed by atoms with Crippen LogP contribution in [0.5, 0.6) is 0 Å². The molecule has 4 nitrogen and oxygen atoms in total. The first-order valence-electron chi connectivity index (χ1n) is 10.1. The number of carbonyl (C=O) groups excluding carboxylic acids is 2. The van der Waals surface area contributed by atoms with Crippen molar-refractivity contribution in [3.05, 3.63) is 11.1 Å². The van der Waals surface area contributed by atoms with Crippen LogP contribution in [0.2, 0.25) is 0 Å². The van der Waals surface area contributed by atoms with Gasteiger partial charge in [0.1, 0.15) is 5.78 Å². The van der Waals surface area contributed by atoms with Crippen LogP contribution < -0.4 is 0 Å². The van der Waals surface area contributed by atoms with E-state index in [0.29, 0.717) is 36.5 Å². The van der Waals surface area contributed by atoms with Crippen LogP contribution in [-0.4, -0.2) is 46.3 Å². The third-order valence-electron chi connectivity index (χ3n) is 9.44. The number of hydrogen-bond donors (Lipinski definition) is 1. The molecule has 7 atom stereocenters. The van der Waals surface area contributed by atoms with Crippen molar-refractivity contribution in [3.8, 4) is 0 Å². The first kappa shape index (κ1) is 15.1. The van der Waals surface area contributed by atoms with Crippen molar-refractivity contribution in [2.45, 2.75) is 64.0 Å². The van der Waals surface area contributed by atoms with E-state index in [-0.39, 0.29) is 23.5 Å². The Labute approximate surface area is 148 Å². The number of hydrogen-bond acceptors (Lipinski definition) is 4. The SMILES string of the molecule is C[C@@H]1CN2CC3CCC4(O)CC(=O)C5=C4[C@@]4(CC5)C(=O)C1C[C@H]2[C@@]34C. The van der Waals surface area contributed by atoms with Crippen LogP contribution in [0, 0.1) is 28.6 Å². The number of nitrogens with zero attached hydrogens (tertiary/aromatic N) is 1. The highest BCUT2D eigenvalue weighted by molar-refractivity contribution is 6.06. The molecular formula is C21H27NO3. The Balaban J connectivity index is 1.68. The Morgan fingerprint density at radius 3 is 2.80 bits per heavy atom. The number of piperidine rings is 1. The van der Waals surface area contributed by atoms with Crippen molar-refractivity contribution >= 4 is 11.6 Å². The lowest BCUT2D eigenvalue weighted by atomic mass is 9.45. The summed E-state index contributed by atoms with van der Waals surface area (Å²) in [5, 5.41) is 11.5. The topological polar surface area (TPSA) is 57.6 Å². The van der Waals surface area contributed by atoms with Crippen molar-refractivity contribution in [1.29, 1.82) is 0 Å². The third kappa shape index (κ3) is 1.34. The molecule has 3 unspecified atom stereocenters. The second kappa shape index (κ2) is 4.12. The normalized spacial score (nSPS) is 56.4. The highest BCUT2D eigenvalue weighted by Gasteiger charge is 2.76. The highest BCUT2D eigenvalue weighted by atomic mass is 16.3. The lowest BCUT2D eigenvalue weighted by molar-refractivity contribution is -0.159. The zero-order valence-electron chi connectivity index (χ0n) is 15.2. The number of ketones is 2. The summed E-state index contributed by atoms with van der Waals surface area (Å²) >= 11 is 0. The van der Waals surface area contributed by atoms with E-state index in [1.165, 1.54) is 0 Å². The minimum absolute atomic E-state index is 0.104. The van der Waals surface area contributed by atoms with E-state index in [4.69, 9.17) is 0 Å². The summed E-state index contributed by atoms with van der Waals surface area (Å²) in [5.74, 6) is 1.45. The van der Waals surface area contributed by atoms with Crippen LogP contribution in [0.4, 0.5) is 0 Å². The second-order valence-corrected chi connectivity index (χ2v) is 10.1. The summed E-state index contributed by atoms with van der Waals surface area (Å²) in [6.07, 6.45) is 4.29. The van der Waals surface area contributed by atoms with Crippen LogP contribution in [0.15, 0.2) is 11.1 Å². The second-order valence-electron chi connectivity index (χ2n) is 10.1. The molecule has 2 saturated carbocycles. The molecule has 2 bridgehead atoms. The van der Waals surface area contributed by atoms with Gasteiger partial charge in [-0.05, 0) is 55.1 Å². The number of Topliss-reactive ketones (excluding diaryl/α,β-unsaturated/α-hetero) is 2. The minimum atomic E-state index is -1.04. The van der Waals surface area contributed by atoms with Crippen molar-refractivity contribution in [1.82, 2.24) is 4.90 Å². The fourth-order valence-corrected chi connectivity index (χ4v) is 8.44. The van der Waals surface area contributed by atoms with Crippen LogP contribution >= 0.6 is 0 Å². The molecule has 134 valence electrons. The molecule has 4 aliphatic carbocycles. The molecule has 6 rings (SSSR count). The van der Waals surface area contributed by atoms with Gasteiger partial charge < -0.3 is 5.11 Å². The van der Waals surface area contributed by atoms with Gasteiger partial charge in [0, 0.05) is 36.9 Å². The monoisotopic (exact) mass is 341 g/mol. The summed E-state index contributed by atoms with van der Waals surface area (Å²) in [7, 11) is 0. The smallest absolute Gasteiger partial charge is 0.162 e. The van der Waals surface area contributed by atoms with Gasteiger partial charge in [0.25, 0.3) is 0 Å². The van der Waals surface area contributed by atoms with E-state index >= 15 is 0 Å². The zero-order chi connectivity index (χ0) is 17.4. The number of carbonyl (C=O) groups is 2. The molecule has 4 fully saturated rings. The van der Waals surface area contributed by atoms with Gasteiger partial charge in [-0.1, -0.05) is 13.8 Å². The van der Waals surface area contributed by atoms with Gasteiger partial charge >= 0.3 is 0 Å². The van der Waals surface area contributed by atoms with Gasteiger partial charge in [0.2, 0.25) is 0 Å². The highest BCUT2D eigenvalue weighted by Crippen LogP contribution is 2.73. The van der Waals surface area contributed by atoms with Gasteiger partial charge in [-0.25, -0.2) is 0 Å². The van der Waals surface area contributed by atoms with E-state index in [1.807, 2.05) is 0 Å². The Morgan fingerprint density at radius 1 is 1.20 bits per heavy atom. The van der Waals surface area contributed by atoms with E-state index in [0.717, 1.165) is 43.5 Å². The minimum Gasteiger partial charge on any atom is -0.385 e. The first-order valence-corrected chi connectivity index (χ1v) is 10.1. The van der Waals surface area contributed by atoms with Gasteiger partial charge in [0.05, 0.1) is 11.0 Å². The Morgan fingerprint density at radius 2 is 2.00 bits per heavy atom. The molecule has 1 N–H and O–H groups in total. The number of fused-ring (bicyclic) bond motifs is 1. The van der Waals surface area contributed by atoms with Crippen LogP contribution in [-0.2, 0) is 9.59 Å². The fraction of sp³-hybridized carbons (Fsp3) is 0.810. The van der Waals surface area contributed by atoms with Crippen LogP contribution in [0.3, 0.4) is 0 Å². The fourth-order valence-electron chi connectivity index (χ4n) is 8.44. The summed E-state index contributed by atoms with van der Waals surface area (Å²) < 4.78 is 0. The first-order chi connectivity index (χ1) is 11.8. The average Bonchev–Trinajstić information content (AvgIpc) is 3.15. The molecule has 0 aromatic rings. The molecule has 0 aromatic carbocycles. The maximum absolute atomic E-state index is 14.0. The Hall–Kier alpha value is -1.00. The van der Waals surface area contributed by atoms with Crippen molar-refractivity contribution in [2.75, 3.05) is 13.1 Å². The summed E-state index contributed by atoms with van der Waals surface area (Å²) in [6, 6.07) is 0.446. The maximum Gasteiger partial charge on any atom is 0.162 e. The predicted octanol–water partition coefficient (Wildman–Crippen LogP) is 2.11. The molecule has 0 radical (unpaired) electrons. The standard InChI is InChI=1S/C21H27NO3/c1-11-9-22-10-12-3-5-20(25)8-15(23)13-4-6-21(17(13)20)18(24)14(11)7-16(22)19(12,21)2/h11-12,14,16,25H,3-10H2,1-2H3/t11-,12?,14?,16+,19-,20?,21+/m1/s1. The van der Waals surface area contributed by atoms with Gasteiger partial charge in [0.15, 0.2) is 5.78 Å². The lowest BCUT2D eigenvalue weighted by Gasteiger charge is -2.60. The maximum atomic E-state index is 14.0. The summed E-state index contributed by atoms with van der Waals surface area (Å²) in [5.41, 5.74) is 0.0365. The van der Waals surface area contributed by atoms with E-state index in [2.05, 4.69) is 18.7 Å². The van der Waals surface area contributed by atoms with Crippen molar-refractivity contribution < 1.29 is 14.7 Å². The van der Waals surface area contributed by atoms with E-state index in [1.54, 1.807) is 0 Å². The molecule has 4 heteroatoms. The predicted molar refractivity (Wildman–Crippen MR) is 91.7 cm³/mol. The quantitative estimate of drug-likeness (QED) is 0.733. The van der Waals surface area contributed by atoms with Crippen molar-refractivity contribution in [2.24, 2.45) is 28.6 Å². The zero-order valence-corrected chi connectivity index (χ0v) is 15.2. The molecule has 2 heterocycles. The van der Waals surface area contributed by atoms with E-state index in [9.17, 15) is 14.7 Å². The van der Waals surface area contributed by atoms with Gasteiger partial charge in [-0.15, -0.1) is 0 Å². The average molecular weight is 341 g/mol. The van der Waals surface area contributed by atoms with Crippen molar-refractivity contribution in [3.63, 3.8) is 0 Å². The molecule has 2 aliphatic heterocycles. The molecule has 6 aliphatic rings. The number of aliphatic hydroxyl groups is 1.